The van der Waals surface area contributed by atoms with Crippen molar-refractivity contribution in [3.8, 4) is 0 Å². The van der Waals surface area contributed by atoms with Gasteiger partial charge in [0.15, 0.2) is 12.2 Å². The van der Waals surface area contributed by atoms with Crippen LogP contribution in [0.25, 0.3) is 0 Å². The average molecular weight is 1510 g/mol. The molecular weight excluding hydrogens is 1340 g/mol. The van der Waals surface area contributed by atoms with Crippen LogP contribution in [0.4, 0.5) is 0 Å². The zero-order valence-electron chi connectivity index (χ0n) is 67.5. The number of aliphatic hydroxyl groups is 1. The summed E-state index contributed by atoms with van der Waals surface area (Å²) in [6.07, 6.45) is 69.5. The van der Waals surface area contributed by atoms with Gasteiger partial charge in [-0.15, -0.1) is 0 Å². The normalized spacial score (nSPS) is 14.1. The van der Waals surface area contributed by atoms with Crippen molar-refractivity contribution in [1.29, 1.82) is 0 Å². The molecule has 0 aromatic heterocycles. The van der Waals surface area contributed by atoms with E-state index in [0.717, 1.165) is 102 Å². The zero-order valence-corrected chi connectivity index (χ0v) is 69.3. The van der Waals surface area contributed by atoms with Gasteiger partial charge in [-0.25, -0.2) is 9.13 Å². The Morgan fingerprint density at radius 2 is 0.466 bits per heavy atom. The molecule has 0 saturated heterocycles. The first-order valence-corrected chi connectivity index (χ1v) is 46.7. The van der Waals surface area contributed by atoms with Crippen LogP contribution in [0.15, 0.2) is 0 Å². The molecule has 0 aliphatic heterocycles. The Bertz CT molecular complexity index is 1960. The maximum atomic E-state index is 13.1. The fourth-order valence-corrected chi connectivity index (χ4v) is 14.7. The third kappa shape index (κ3) is 76.6. The van der Waals surface area contributed by atoms with Gasteiger partial charge in [0.05, 0.1) is 26.4 Å². The molecule has 17 nitrogen and oxygen atoms in total. The number of unbranched alkanes of at least 4 members (excludes halogenated alkanes) is 55. The van der Waals surface area contributed by atoms with Crippen molar-refractivity contribution in [1.82, 2.24) is 0 Å². The number of aliphatic hydroxyl groups excluding tert-OH is 1. The fourth-order valence-electron chi connectivity index (χ4n) is 13.1. The fraction of sp³-hybridized carbons (Fsp3) is 0.952. The number of rotatable bonds is 84. The predicted molar refractivity (Wildman–Crippen MR) is 423 cm³/mol. The lowest BCUT2D eigenvalue weighted by Gasteiger charge is -2.21. The van der Waals surface area contributed by atoms with Crippen LogP contribution in [0.2, 0.25) is 0 Å². The van der Waals surface area contributed by atoms with Gasteiger partial charge in [-0.2, -0.15) is 0 Å². The molecule has 3 unspecified atom stereocenters. The predicted octanol–water partition coefficient (Wildman–Crippen LogP) is 25.6. The van der Waals surface area contributed by atoms with Gasteiger partial charge in [-0.1, -0.05) is 401 Å². The first kappa shape index (κ1) is 101. The van der Waals surface area contributed by atoms with Gasteiger partial charge in [0.1, 0.15) is 19.3 Å². The Kier molecular flexibility index (Phi) is 75.4. The Morgan fingerprint density at radius 3 is 0.689 bits per heavy atom. The van der Waals surface area contributed by atoms with Crippen molar-refractivity contribution in [3.63, 3.8) is 0 Å². The highest BCUT2D eigenvalue weighted by atomic mass is 31.2. The minimum absolute atomic E-state index is 0.108. The molecule has 3 N–H and O–H groups in total. The van der Waals surface area contributed by atoms with Crippen molar-refractivity contribution in [2.24, 2.45) is 5.92 Å². The number of carbonyl (C=O) groups excluding carboxylic acids is 4. The van der Waals surface area contributed by atoms with Gasteiger partial charge >= 0.3 is 39.5 Å². The third-order valence-corrected chi connectivity index (χ3v) is 22.0. The summed E-state index contributed by atoms with van der Waals surface area (Å²) in [4.78, 5) is 73.1. The van der Waals surface area contributed by atoms with E-state index in [9.17, 15) is 43.2 Å². The SMILES string of the molecule is CCCCCCCCCCCCCCCCCCCCCC(=O)OC[C@H](COP(=O)(O)OC[C@@H](O)COP(=O)(O)OC[C@@H](COC(=O)CCCCCCCCC(C)CC)OC(=O)CCCCCCCCCCCCCCCCC)OC(=O)CCCCCCCCCCCCCCCCCCCCC. The Labute approximate surface area is 632 Å². The second kappa shape index (κ2) is 76.8. The first-order chi connectivity index (χ1) is 50.1. The van der Waals surface area contributed by atoms with Crippen LogP contribution in [-0.2, 0) is 65.4 Å². The van der Waals surface area contributed by atoms with Crippen molar-refractivity contribution >= 4 is 39.5 Å². The van der Waals surface area contributed by atoms with Crippen LogP contribution in [0, 0.1) is 5.92 Å². The molecule has 0 heterocycles. The highest BCUT2D eigenvalue weighted by Gasteiger charge is 2.30. The van der Waals surface area contributed by atoms with Crippen LogP contribution in [0.1, 0.15) is 452 Å². The maximum Gasteiger partial charge on any atom is 0.472 e. The summed E-state index contributed by atoms with van der Waals surface area (Å²) in [5, 5.41) is 10.7. The minimum Gasteiger partial charge on any atom is -0.462 e. The zero-order chi connectivity index (χ0) is 75.5. The molecule has 19 heteroatoms. The van der Waals surface area contributed by atoms with Crippen LogP contribution in [0.5, 0.6) is 0 Å². The lowest BCUT2D eigenvalue weighted by molar-refractivity contribution is -0.161. The van der Waals surface area contributed by atoms with Crippen LogP contribution >= 0.6 is 15.6 Å². The Hall–Kier alpha value is -1.94. The summed E-state index contributed by atoms with van der Waals surface area (Å²) in [5.74, 6) is -1.37. The molecule has 0 radical (unpaired) electrons. The van der Waals surface area contributed by atoms with E-state index in [2.05, 4.69) is 34.6 Å². The molecule has 0 aromatic carbocycles. The molecule has 0 amide bonds. The topological polar surface area (TPSA) is 237 Å². The van der Waals surface area contributed by atoms with Gasteiger partial charge in [0.25, 0.3) is 0 Å². The van der Waals surface area contributed by atoms with E-state index < -0.39 is 97.5 Å². The van der Waals surface area contributed by atoms with Crippen molar-refractivity contribution in [3.05, 3.63) is 0 Å². The Balaban J connectivity index is 5.23. The number of hydrogen-bond acceptors (Lipinski definition) is 15. The lowest BCUT2D eigenvalue weighted by atomic mass is 10.00. The number of carbonyl (C=O) groups is 4. The molecular formula is C84H164O17P2. The summed E-state index contributed by atoms with van der Waals surface area (Å²) in [7, 11) is -9.92. The minimum atomic E-state index is -4.96. The molecule has 612 valence electrons. The lowest BCUT2D eigenvalue weighted by Crippen LogP contribution is -2.30. The number of esters is 4. The standard InChI is InChI=1S/C84H164O17P2/c1-6-10-13-16-19-22-25-28-31-33-35-37-40-42-45-48-51-57-62-67-81(86)94-73-79(100-83(88)69-65-60-53-50-47-44-41-38-36-34-32-29-26-23-20-17-14-11-7-2)75-98-102(90,91)96-71-78(85)72-97-103(92,93)99-76-80(74-95-82(87)68-63-58-55-54-56-61-66-77(5)9-4)101-84(89)70-64-59-52-49-46-43-39-30-27-24-21-18-15-12-8-3/h77-80,85H,6-76H2,1-5H3,(H,90,91)(H,92,93)/t77?,78-,79-,80-/m1/s1. The molecule has 0 bridgehead atoms. The van der Waals surface area contributed by atoms with E-state index in [-0.39, 0.29) is 25.7 Å². The monoisotopic (exact) mass is 1510 g/mol. The first-order valence-electron chi connectivity index (χ1n) is 43.7. The smallest absolute Gasteiger partial charge is 0.462 e. The highest BCUT2D eigenvalue weighted by Crippen LogP contribution is 2.45. The van der Waals surface area contributed by atoms with Crippen LogP contribution in [0.3, 0.4) is 0 Å². The van der Waals surface area contributed by atoms with Crippen molar-refractivity contribution in [2.75, 3.05) is 39.6 Å². The van der Waals surface area contributed by atoms with Crippen LogP contribution in [-0.4, -0.2) is 96.7 Å². The van der Waals surface area contributed by atoms with E-state index in [1.165, 1.54) is 270 Å². The highest BCUT2D eigenvalue weighted by molar-refractivity contribution is 7.47. The van der Waals surface area contributed by atoms with Crippen molar-refractivity contribution < 1.29 is 80.2 Å². The number of ether oxygens (including phenoxy) is 4. The molecule has 0 aliphatic carbocycles. The molecule has 0 aromatic rings. The summed E-state index contributed by atoms with van der Waals surface area (Å²) in [6, 6.07) is 0. The summed E-state index contributed by atoms with van der Waals surface area (Å²) in [5.41, 5.74) is 0. The van der Waals surface area contributed by atoms with E-state index in [0.29, 0.717) is 25.7 Å². The second-order valence-corrected chi connectivity index (χ2v) is 33.4. The molecule has 0 aliphatic rings. The summed E-state index contributed by atoms with van der Waals surface area (Å²) in [6.45, 7) is 7.31. The van der Waals surface area contributed by atoms with Gasteiger partial charge in [-0.05, 0) is 31.6 Å². The Morgan fingerprint density at radius 1 is 0.272 bits per heavy atom. The van der Waals surface area contributed by atoms with Gasteiger partial charge in [0, 0.05) is 25.7 Å². The number of phosphoric acid groups is 2. The van der Waals surface area contributed by atoms with Gasteiger partial charge in [0.2, 0.25) is 0 Å². The van der Waals surface area contributed by atoms with E-state index >= 15 is 0 Å². The second-order valence-electron chi connectivity index (χ2n) is 30.5. The largest absolute Gasteiger partial charge is 0.472 e. The number of phosphoric ester groups is 2. The van der Waals surface area contributed by atoms with Gasteiger partial charge in [-0.3, -0.25) is 37.3 Å². The van der Waals surface area contributed by atoms with Crippen LogP contribution < -0.4 is 0 Å². The maximum absolute atomic E-state index is 13.1. The molecule has 6 atom stereocenters. The molecule has 0 rings (SSSR count). The van der Waals surface area contributed by atoms with E-state index in [4.69, 9.17) is 37.0 Å². The molecule has 0 saturated carbocycles. The molecule has 0 spiro atoms. The summed E-state index contributed by atoms with van der Waals surface area (Å²) >= 11 is 0. The third-order valence-electron chi connectivity index (χ3n) is 20.1. The molecule has 0 fully saturated rings. The quantitative estimate of drug-likeness (QED) is 0.0222. The summed E-state index contributed by atoms with van der Waals surface area (Å²) < 4.78 is 68.8. The number of hydrogen-bond donors (Lipinski definition) is 3. The van der Waals surface area contributed by atoms with Gasteiger partial charge < -0.3 is 33.8 Å². The molecule has 103 heavy (non-hydrogen) atoms. The van der Waals surface area contributed by atoms with E-state index in [1.807, 2.05) is 0 Å². The van der Waals surface area contributed by atoms with E-state index in [1.54, 1.807) is 0 Å². The average Bonchev–Trinajstić information content (AvgIpc) is 0.918. The van der Waals surface area contributed by atoms with Crippen molar-refractivity contribution in [2.45, 2.75) is 470 Å².